The van der Waals surface area contributed by atoms with E-state index in [0.717, 1.165) is 23.8 Å². The van der Waals surface area contributed by atoms with Crippen molar-refractivity contribution in [2.45, 2.75) is 12.7 Å². The highest BCUT2D eigenvalue weighted by atomic mass is 32.2. The lowest BCUT2D eigenvalue weighted by Gasteiger charge is -2.09. The fraction of sp³-hybridized carbons (Fsp3) is 0.143. The number of benzene rings is 2. The number of hydrogen-bond acceptors (Lipinski definition) is 2. The maximum Gasteiger partial charge on any atom is 0.237 e. The molecule has 0 spiro atoms. The number of aryl methyl sites for hydroxylation is 1. The van der Waals surface area contributed by atoms with Crippen LogP contribution in [0.4, 0.5) is 14.5 Å². The van der Waals surface area contributed by atoms with Crippen molar-refractivity contribution in [2.75, 3.05) is 4.72 Å². The normalized spacial score (nSPS) is 11.3. The number of hydrogen-bond donors (Lipinski definition) is 1. The summed E-state index contributed by atoms with van der Waals surface area (Å²) in [6, 6.07) is 9.53. The summed E-state index contributed by atoms with van der Waals surface area (Å²) in [7, 11) is -3.80. The lowest BCUT2D eigenvalue weighted by atomic mass is 10.2. The second-order valence-electron chi connectivity index (χ2n) is 4.47. The van der Waals surface area contributed by atoms with E-state index in [1.807, 2.05) is 11.6 Å². The molecule has 2 aromatic rings. The molecule has 0 aliphatic heterocycles. The van der Waals surface area contributed by atoms with Crippen molar-refractivity contribution < 1.29 is 17.2 Å². The van der Waals surface area contributed by atoms with Gasteiger partial charge in [0.25, 0.3) is 0 Å². The predicted octanol–water partition coefficient (Wildman–Crippen LogP) is 3.22. The van der Waals surface area contributed by atoms with Gasteiger partial charge in [0.2, 0.25) is 10.0 Å². The molecule has 0 atom stereocenters. The Hall–Kier alpha value is -1.95. The molecule has 0 radical (unpaired) electrons. The van der Waals surface area contributed by atoms with Crippen molar-refractivity contribution >= 4 is 15.7 Å². The van der Waals surface area contributed by atoms with Crippen LogP contribution in [0.15, 0.2) is 42.5 Å². The second-order valence-corrected chi connectivity index (χ2v) is 6.19. The van der Waals surface area contributed by atoms with Gasteiger partial charge in [-0.05, 0) is 24.6 Å². The topological polar surface area (TPSA) is 46.2 Å². The van der Waals surface area contributed by atoms with Crippen molar-refractivity contribution in [3.05, 3.63) is 65.2 Å². The first-order chi connectivity index (χ1) is 9.35. The summed E-state index contributed by atoms with van der Waals surface area (Å²) in [6.45, 7) is 1.89. The zero-order valence-electron chi connectivity index (χ0n) is 10.7. The maximum atomic E-state index is 13.4. The van der Waals surface area contributed by atoms with Gasteiger partial charge in [0.15, 0.2) is 0 Å². The van der Waals surface area contributed by atoms with Crippen LogP contribution in [0.5, 0.6) is 0 Å². The van der Waals surface area contributed by atoms with Crippen LogP contribution in [-0.2, 0) is 15.8 Å². The minimum Gasteiger partial charge on any atom is -0.280 e. The van der Waals surface area contributed by atoms with Gasteiger partial charge >= 0.3 is 0 Å². The standard InChI is InChI=1S/C14H13F2NO2S/c1-10-2-4-11(5-3-10)9-20(18,19)17-14-8-12(15)6-7-13(14)16/h2-8,17H,9H2,1H3. The number of rotatable bonds is 4. The lowest BCUT2D eigenvalue weighted by molar-refractivity contribution is 0.594. The molecular formula is C14H13F2NO2S. The van der Waals surface area contributed by atoms with E-state index in [1.54, 1.807) is 24.3 Å². The molecule has 0 amide bonds. The fourth-order valence-electron chi connectivity index (χ4n) is 1.68. The van der Waals surface area contributed by atoms with Crippen molar-refractivity contribution in [3.63, 3.8) is 0 Å². The summed E-state index contributed by atoms with van der Waals surface area (Å²) in [5.41, 5.74) is 1.19. The van der Waals surface area contributed by atoms with E-state index < -0.39 is 27.3 Å². The van der Waals surface area contributed by atoms with E-state index in [4.69, 9.17) is 0 Å². The summed E-state index contributed by atoms with van der Waals surface area (Å²) < 4.78 is 52.3. The van der Waals surface area contributed by atoms with E-state index in [-0.39, 0.29) is 5.75 Å². The minimum absolute atomic E-state index is 0.302. The van der Waals surface area contributed by atoms with Gasteiger partial charge in [-0.1, -0.05) is 29.8 Å². The summed E-state index contributed by atoms with van der Waals surface area (Å²) in [4.78, 5) is 0. The molecule has 0 unspecified atom stereocenters. The molecule has 106 valence electrons. The molecular weight excluding hydrogens is 284 g/mol. The van der Waals surface area contributed by atoms with Crippen molar-refractivity contribution in [1.82, 2.24) is 0 Å². The first-order valence-electron chi connectivity index (χ1n) is 5.87. The average Bonchev–Trinajstić information content (AvgIpc) is 2.36. The van der Waals surface area contributed by atoms with Gasteiger partial charge in [0, 0.05) is 6.07 Å². The number of sulfonamides is 1. The highest BCUT2D eigenvalue weighted by molar-refractivity contribution is 7.91. The molecule has 3 nitrogen and oxygen atoms in total. The zero-order chi connectivity index (χ0) is 14.8. The first-order valence-corrected chi connectivity index (χ1v) is 7.52. The molecule has 20 heavy (non-hydrogen) atoms. The quantitative estimate of drug-likeness (QED) is 0.942. The first kappa shape index (κ1) is 14.5. The second kappa shape index (κ2) is 5.58. The van der Waals surface area contributed by atoms with Gasteiger partial charge in [-0.3, -0.25) is 4.72 Å². The number of nitrogens with one attached hydrogen (secondary N) is 1. The predicted molar refractivity (Wildman–Crippen MR) is 73.8 cm³/mol. The van der Waals surface area contributed by atoms with Crippen molar-refractivity contribution in [3.8, 4) is 0 Å². The van der Waals surface area contributed by atoms with Crippen LogP contribution in [0.3, 0.4) is 0 Å². The van der Waals surface area contributed by atoms with Crippen molar-refractivity contribution in [2.24, 2.45) is 0 Å². The minimum atomic E-state index is -3.80. The van der Waals surface area contributed by atoms with Crippen LogP contribution in [-0.4, -0.2) is 8.42 Å². The van der Waals surface area contributed by atoms with E-state index in [9.17, 15) is 17.2 Å². The van der Waals surface area contributed by atoms with E-state index in [2.05, 4.69) is 0 Å². The molecule has 1 N–H and O–H groups in total. The molecule has 0 bridgehead atoms. The van der Waals surface area contributed by atoms with E-state index in [1.165, 1.54) is 0 Å². The van der Waals surface area contributed by atoms with Crippen LogP contribution >= 0.6 is 0 Å². The Kier molecular flexibility index (Phi) is 4.04. The van der Waals surface area contributed by atoms with E-state index in [0.29, 0.717) is 5.56 Å². The molecule has 2 aromatic carbocycles. The number of anilines is 1. The van der Waals surface area contributed by atoms with Gasteiger partial charge in [-0.25, -0.2) is 17.2 Å². The maximum absolute atomic E-state index is 13.4. The number of halogens is 2. The smallest absolute Gasteiger partial charge is 0.237 e. The molecule has 0 fully saturated rings. The molecule has 0 saturated carbocycles. The molecule has 0 aliphatic rings. The molecule has 2 rings (SSSR count). The Balaban J connectivity index is 2.19. The zero-order valence-corrected chi connectivity index (χ0v) is 11.5. The highest BCUT2D eigenvalue weighted by Gasteiger charge is 2.14. The van der Waals surface area contributed by atoms with Gasteiger partial charge in [0.05, 0.1) is 11.4 Å². The Labute approximate surface area is 116 Å². The van der Waals surface area contributed by atoms with Crippen molar-refractivity contribution in [1.29, 1.82) is 0 Å². The van der Waals surface area contributed by atoms with Gasteiger partial charge < -0.3 is 0 Å². The summed E-state index contributed by atoms with van der Waals surface area (Å²) >= 11 is 0. The molecule has 6 heteroatoms. The summed E-state index contributed by atoms with van der Waals surface area (Å²) in [6.07, 6.45) is 0. The molecule has 0 aliphatic carbocycles. The monoisotopic (exact) mass is 297 g/mol. The Morgan fingerprint density at radius 2 is 1.70 bits per heavy atom. The molecule has 0 saturated heterocycles. The van der Waals surface area contributed by atoms with Crippen LogP contribution in [0.1, 0.15) is 11.1 Å². The van der Waals surface area contributed by atoms with Gasteiger partial charge in [0.1, 0.15) is 11.6 Å². The largest absolute Gasteiger partial charge is 0.280 e. The SMILES string of the molecule is Cc1ccc(CS(=O)(=O)Nc2cc(F)ccc2F)cc1. The van der Waals surface area contributed by atoms with Crippen LogP contribution in [0, 0.1) is 18.6 Å². The van der Waals surface area contributed by atoms with Crippen LogP contribution in [0.25, 0.3) is 0 Å². The third kappa shape index (κ3) is 3.77. The third-order valence-electron chi connectivity index (χ3n) is 2.67. The van der Waals surface area contributed by atoms with Gasteiger partial charge in [-0.15, -0.1) is 0 Å². The summed E-state index contributed by atoms with van der Waals surface area (Å²) in [5.74, 6) is -1.83. The Morgan fingerprint density at radius 1 is 1.05 bits per heavy atom. The van der Waals surface area contributed by atoms with Crippen LogP contribution < -0.4 is 4.72 Å². The third-order valence-corrected chi connectivity index (χ3v) is 3.92. The average molecular weight is 297 g/mol. The lowest BCUT2D eigenvalue weighted by Crippen LogP contribution is -2.16. The Morgan fingerprint density at radius 3 is 2.35 bits per heavy atom. The summed E-state index contributed by atoms with van der Waals surface area (Å²) in [5, 5.41) is 0. The Bertz CT molecular complexity index is 712. The van der Waals surface area contributed by atoms with E-state index >= 15 is 0 Å². The fourth-order valence-corrected chi connectivity index (χ4v) is 2.88. The van der Waals surface area contributed by atoms with Gasteiger partial charge in [-0.2, -0.15) is 0 Å². The van der Waals surface area contributed by atoms with Crippen LogP contribution in [0.2, 0.25) is 0 Å². The molecule has 0 aromatic heterocycles. The highest BCUT2D eigenvalue weighted by Crippen LogP contribution is 2.18. The molecule has 0 heterocycles.